The molecule has 0 fully saturated rings. The Hall–Kier alpha value is -2.09. The van der Waals surface area contributed by atoms with Crippen LogP contribution in [0.25, 0.3) is 0 Å². The third-order valence-corrected chi connectivity index (χ3v) is 3.55. The number of benzene rings is 2. The molecular formula is C18H21NO. The minimum Gasteiger partial charge on any atom is -0.326 e. The van der Waals surface area contributed by atoms with Crippen molar-refractivity contribution < 1.29 is 4.79 Å². The molecule has 1 amide bonds. The molecule has 104 valence electrons. The summed E-state index contributed by atoms with van der Waals surface area (Å²) in [5, 5.41) is 2.95. The van der Waals surface area contributed by atoms with E-state index in [1.54, 1.807) is 0 Å². The van der Waals surface area contributed by atoms with E-state index in [1.165, 1.54) is 22.3 Å². The van der Waals surface area contributed by atoms with E-state index in [1.807, 2.05) is 18.2 Å². The molecule has 0 aliphatic heterocycles. The van der Waals surface area contributed by atoms with Crippen molar-refractivity contribution in [1.29, 1.82) is 0 Å². The molecule has 2 aromatic carbocycles. The normalized spacial score (nSPS) is 10.3. The summed E-state index contributed by atoms with van der Waals surface area (Å²) in [6.45, 7) is 6.19. The maximum Gasteiger partial charge on any atom is 0.224 e. The first kappa shape index (κ1) is 14.3. The number of carbonyl (C=O) groups excluding carboxylic acids is 1. The molecule has 2 rings (SSSR count). The molecule has 0 spiro atoms. The summed E-state index contributed by atoms with van der Waals surface area (Å²) in [5.41, 5.74) is 5.75. The van der Waals surface area contributed by atoms with Gasteiger partial charge in [0.05, 0.1) is 0 Å². The van der Waals surface area contributed by atoms with Crippen LogP contribution in [0.15, 0.2) is 42.5 Å². The molecule has 0 aliphatic carbocycles. The molecule has 2 nitrogen and oxygen atoms in total. The average molecular weight is 267 g/mol. The second-order valence-electron chi connectivity index (χ2n) is 5.33. The number of amides is 1. The Kier molecular flexibility index (Phi) is 4.57. The first-order valence-corrected chi connectivity index (χ1v) is 6.97. The quantitative estimate of drug-likeness (QED) is 0.884. The maximum absolute atomic E-state index is 11.9. The molecule has 0 saturated carbocycles. The van der Waals surface area contributed by atoms with Gasteiger partial charge in [-0.05, 0) is 56.0 Å². The number of nitrogens with one attached hydrogen (secondary N) is 1. The van der Waals surface area contributed by atoms with Crippen LogP contribution >= 0.6 is 0 Å². The van der Waals surface area contributed by atoms with Gasteiger partial charge in [0.2, 0.25) is 5.91 Å². The molecule has 2 heteroatoms. The molecule has 20 heavy (non-hydrogen) atoms. The summed E-state index contributed by atoms with van der Waals surface area (Å²) in [6, 6.07) is 14.3. The molecule has 0 aliphatic rings. The largest absolute Gasteiger partial charge is 0.326 e. The van der Waals surface area contributed by atoms with Crippen LogP contribution in [0.2, 0.25) is 0 Å². The van der Waals surface area contributed by atoms with Crippen molar-refractivity contribution in [1.82, 2.24) is 0 Å². The molecule has 0 unspecified atom stereocenters. The van der Waals surface area contributed by atoms with Crippen LogP contribution in [0, 0.1) is 20.8 Å². The monoisotopic (exact) mass is 267 g/mol. The van der Waals surface area contributed by atoms with E-state index in [2.05, 4.69) is 50.4 Å². The Morgan fingerprint density at radius 1 is 0.950 bits per heavy atom. The Morgan fingerprint density at radius 3 is 2.30 bits per heavy atom. The van der Waals surface area contributed by atoms with Crippen LogP contribution in [0.5, 0.6) is 0 Å². The van der Waals surface area contributed by atoms with E-state index in [9.17, 15) is 4.79 Å². The zero-order valence-corrected chi connectivity index (χ0v) is 12.4. The van der Waals surface area contributed by atoms with Crippen molar-refractivity contribution in [2.45, 2.75) is 33.6 Å². The fraction of sp³-hybridized carbons (Fsp3) is 0.278. The number of carbonyl (C=O) groups is 1. The summed E-state index contributed by atoms with van der Waals surface area (Å²) in [4.78, 5) is 11.9. The lowest BCUT2D eigenvalue weighted by atomic mass is 10.1. The number of hydrogen-bond acceptors (Lipinski definition) is 1. The minimum absolute atomic E-state index is 0.0637. The maximum atomic E-state index is 11.9. The number of hydrogen-bond donors (Lipinski definition) is 1. The van der Waals surface area contributed by atoms with Gasteiger partial charge in [0.15, 0.2) is 0 Å². The van der Waals surface area contributed by atoms with Crippen LogP contribution in [-0.2, 0) is 11.2 Å². The third kappa shape index (κ3) is 3.95. The van der Waals surface area contributed by atoms with Crippen molar-refractivity contribution in [2.24, 2.45) is 0 Å². The van der Waals surface area contributed by atoms with E-state index in [0.29, 0.717) is 6.42 Å². The van der Waals surface area contributed by atoms with Crippen LogP contribution in [0.3, 0.4) is 0 Å². The fourth-order valence-electron chi connectivity index (χ4n) is 2.06. The summed E-state index contributed by atoms with van der Waals surface area (Å²) in [5.74, 6) is 0.0637. The van der Waals surface area contributed by atoms with Crippen molar-refractivity contribution >= 4 is 11.6 Å². The Morgan fingerprint density at radius 2 is 1.65 bits per heavy atom. The second-order valence-corrected chi connectivity index (χ2v) is 5.33. The lowest BCUT2D eigenvalue weighted by molar-refractivity contribution is -0.116. The number of aryl methyl sites for hydroxylation is 4. The van der Waals surface area contributed by atoms with Crippen LogP contribution in [0.1, 0.15) is 28.7 Å². The van der Waals surface area contributed by atoms with E-state index in [4.69, 9.17) is 0 Å². The fourth-order valence-corrected chi connectivity index (χ4v) is 2.06. The number of rotatable bonds is 4. The highest BCUT2D eigenvalue weighted by Crippen LogP contribution is 2.14. The summed E-state index contributed by atoms with van der Waals surface area (Å²) in [7, 11) is 0. The van der Waals surface area contributed by atoms with E-state index in [-0.39, 0.29) is 5.91 Å². The molecule has 1 N–H and O–H groups in total. The predicted octanol–water partition coefficient (Wildman–Crippen LogP) is 4.18. The van der Waals surface area contributed by atoms with Gasteiger partial charge in [-0.1, -0.05) is 35.9 Å². The van der Waals surface area contributed by atoms with Crippen molar-refractivity contribution in [3.05, 3.63) is 64.7 Å². The van der Waals surface area contributed by atoms with Crippen LogP contribution in [0.4, 0.5) is 5.69 Å². The highest BCUT2D eigenvalue weighted by atomic mass is 16.1. The Bertz CT molecular complexity index is 599. The molecular weight excluding hydrogens is 246 g/mol. The van der Waals surface area contributed by atoms with Gasteiger partial charge in [-0.3, -0.25) is 4.79 Å². The van der Waals surface area contributed by atoms with Crippen molar-refractivity contribution in [3.8, 4) is 0 Å². The van der Waals surface area contributed by atoms with E-state index < -0.39 is 0 Å². The summed E-state index contributed by atoms with van der Waals surface area (Å²) < 4.78 is 0. The van der Waals surface area contributed by atoms with Crippen molar-refractivity contribution in [2.75, 3.05) is 5.32 Å². The SMILES string of the molecule is Cc1ccc(CCC(=O)Nc2ccc(C)c(C)c2)cc1. The van der Waals surface area contributed by atoms with Gasteiger partial charge in [0.1, 0.15) is 0 Å². The zero-order chi connectivity index (χ0) is 14.5. The van der Waals surface area contributed by atoms with Gasteiger partial charge in [-0.2, -0.15) is 0 Å². The molecule has 0 atom stereocenters. The average Bonchev–Trinajstić information content (AvgIpc) is 2.42. The Labute approximate surface area is 120 Å². The minimum atomic E-state index is 0.0637. The summed E-state index contributed by atoms with van der Waals surface area (Å²) in [6.07, 6.45) is 1.28. The molecule has 0 heterocycles. The van der Waals surface area contributed by atoms with Gasteiger partial charge in [0, 0.05) is 12.1 Å². The number of anilines is 1. The first-order valence-electron chi connectivity index (χ1n) is 6.97. The smallest absolute Gasteiger partial charge is 0.224 e. The highest BCUT2D eigenvalue weighted by molar-refractivity contribution is 5.90. The lowest BCUT2D eigenvalue weighted by Crippen LogP contribution is -2.12. The van der Waals surface area contributed by atoms with Crippen LogP contribution < -0.4 is 5.32 Å². The molecule has 0 bridgehead atoms. The van der Waals surface area contributed by atoms with Gasteiger partial charge in [-0.25, -0.2) is 0 Å². The molecule has 0 aromatic heterocycles. The van der Waals surface area contributed by atoms with Gasteiger partial charge in [0.25, 0.3) is 0 Å². The zero-order valence-electron chi connectivity index (χ0n) is 12.4. The van der Waals surface area contributed by atoms with Gasteiger partial charge >= 0.3 is 0 Å². The molecule has 0 radical (unpaired) electrons. The van der Waals surface area contributed by atoms with Gasteiger partial charge < -0.3 is 5.32 Å². The third-order valence-electron chi connectivity index (χ3n) is 3.55. The molecule has 2 aromatic rings. The van der Waals surface area contributed by atoms with Crippen LogP contribution in [-0.4, -0.2) is 5.91 Å². The first-order chi connectivity index (χ1) is 9.54. The van der Waals surface area contributed by atoms with E-state index >= 15 is 0 Å². The highest BCUT2D eigenvalue weighted by Gasteiger charge is 2.04. The summed E-state index contributed by atoms with van der Waals surface area (Å²) >= 11 is 0. The second kappa shape index (κ2) is 6.38. The topological polar surface area (TPSA) is 29.1 Å². The van der Waals surface area contributed by atoms with E-state index in [0.717, 1.165) is 12.1 Å². The standard InChI is InChI=1S/C18H21NO/c1-13-4-7-16(8-5-13)9-11-18(20)19-17-10-6-14(2)15(3)12-17/h4-8,10,12H,9,11H2,1-3H3,(H,19,20). The lowest BCUT2D eigenvalue weighted by Gasteiger charge is -2.08. The van der Waals surface area contributed by atoms with Gasteiger partial charge in [-0.15, -0.1) is 0 Å². The Balaban J connectivity index is 1.89. The predicted molar refractivity (Wildman–Crippen MR) is 84.0 cm³/mol. The van der Waals surface area contributed by atoms with Crippen molar-refractivity contribution in [3.63, 3.8) is 0 Å². The molecule has 0 saturated heterocycles.